The maximum atomic E-state index is 11.7. The summed E-state index contributed by atoms with van der Waals surface area (Å²) in [4.78, 5) is 11.7. The van der Waals surface area contributed by atoms with Crippen molar-refractivity contribution < 1.29 is 9.53 Å². The molecule has 1 fully saturated rings. The van der Waals surface area contributed by atoms with Crippen LogP contribution in [-0.2, 0) is 4.74 Å². The van der Waals surface area contributed by atoms with Gasteiger partial charge in [-0.3, -0.25) is 0 Å². The van der Waals surface area contributed by atoms with Gasteiger partial charge in [0.05, 0.1) is 6.04 Å². The van der Waals surface area contributed by atoms with Crippen LogP contribution >= 0.6 is 0 Å². The molecular weight excluding hydrogens is 250 g/mol. The molecule has 20 heavy (non-hydrogen) atoms. The molecule has 3 heteroatoms. The minimum atomic E-state index is -0.316. The fourth-order valence-corrected chi connectivity index (χ4v) is 3.11. The normalized spacial score (nSPS) is 21.4. The first-order valence-corrected chi connectivity index (χ1v) is 7.17. The predicted octanol–water partition coefficient (Wildman–Crippen LogP) is 4.04. The Morgan fingerprint density at radius 1 is 0.950 bits per heavy atom. The topological polar surface area (TPSA) is 38.3 Å². The summed E-state index contributed by atoms with van der Waals surface area (Å²) in [7, 11) is 0. The third kappa shape index (κ3) is 2.19. The highest BCUT2D eigenvalue weighted by Gasteiger charge is 2.39. The van der Waals surface area contributed by atoms with Crippen molar-refractivity contribution in [1.29, 1.82) is 0 Å². The van der Waals surface area contributed by atoms with Crippen molar-refractivity contribution in [2.45, 2.75) is 54.5 Å². The van der Waals surface area contributed by atoms with E-state index in [1.54, 1.807) is 0 Å². The van der Waals surface area contributed by atoms with Crippen LogP contribution in [-0.4, -0.2) is 12.7 Å². The Morgan fingerprint density at radius 3 is 1.90 bits per heavy atom. The van der Waals surface area contributed by atoms with Crippen LogP contribution in [0.5, 0.6) is 0 Å². The van der Waals surface area contributed by atoms with Gasteiger partial charge in [-0.25, -0.2) is 4.79 Å². The number of hydrogen-bond donors (Lipinski definition) is 1. The Balaban J connectivity index is 2.65. The van der Waals surface area contributed by atoms with Gasteiger partial charge in [0.1, 0.15) is 6.61 Å². The molecule has 1 atom stereocenters. The molecular formula is C17H25NO2. The van der Waals surface area contributed by atoms with Crippen molar-refractivity contribution in [2.75, 3.05) is 6.61 Å². The highest BCUT2D eigenvalue weighted by molar-refractivity contribution is 5.69. The summed E-state index contributed by atoms with van der Waals surface area (Å²) >= 11 is 0. The molecule has 0 aromatic heterocycles. The summed E-state index contributed by atoms with van der Waals surface area (Å²) in [5.41, 5.74) is 7.70. The second kappa shape index (κ2) is 4.80. The molecule has 0 bridgehead atoms. The van der Waals surface area contributed by atoms with E-state index < -0.39 is 0 Å². The quantitative estimate of drug-likeness (QED) is 0.840. The van der Waals surface area contributed by atoms with E-state index >= 15 is 0 Å². The van der Waals surface area contributed by atoms with Crippen molar-refractivity contribution >= 4 is 6.09 Å². The first kappa shape index (κ1) is 14.9. The van der Waals surface area contributed by atoms with Gasteiger partial charge in [0.15, 0.2) is 0 Å². The van der Waals surface area contributed by atoms with Crippen LogP contribution < -0.4 is 5.32 Å². The molecule has 0 aliphatic carbocycles. The van der Waals surface area contributed by atoms with Gasteiger partial charge >= 0.3 is 6.09 Å². The van der Waals surface area contributed by atoms with Crippen molar-refractivity contribution in [2.24, 2.45) is 5.41 Å². The fourth-order valence-electron chi connectivity index (χ4n) is 3.11. The van der Waals surface area contributed by atoms with E-state index in [0.717, 1.165) is 0 Å². The second-order valence-electron chi connectivity index (χ2n) is 6.68. The van der Waals surface area contributed by atoms with E-state index in [1.807, 2.05) is 0 Å². The average Bonchev–Trinajstić information content (AvgIpc) is 2.39. The first-order chi connectivity index (χ1) is 9.16. The molecule has 0 unspecified atom stereocenters. The van der Waals surface area contributed by atoms with E-state index in [2.05, 4.69) is 53.8 Å². The molecule has 1 saturated heterocycles. The van der Waals surface area contributed by atoms with Gasteiger partial charge < -0.3 is 10.1 Å². The number of carbonyl (C=O) groups is 1. The lowest BCUT2D eigenvalue weighted by Crippen LogP contribution is -2.47. The first-order valence-electron chi connectivity index (χ1n) is 7.17. The van der Waals surface area contributed by atoms with E-state index in [-0.39, 0.29) is 17.6 Å². The minimum Gasteiger partial charge on any atom is -0.449 e. The number of cyclic esters (lactones) is 1. The Morgan fingerprint density at radius 2 is 1.40 bits per heavy atom. The third-order valence-corrected chi connectivity index (χ3v) is 4.97. The van der Waals surface area contributed by atoms with Crippen molar-refractivity contribution in [3.05, 3.63) is 33.4 Å². The van der Waals surface area contributed by atoms with Crippen LogP contribution in [0, 0.1) is 40.0 Å². The Hall–Kier alpha value is -1.51. The lowest BCUT2D eigenvalue weighted by molar-refractivity contribution is 0.0384. The second-order valence-corrected chi connectivity index (χ2v) is 6.68. The number of carbonyl (C=O) groups excluding carboxylic acids is 1. The van der Waals surface area contributed by atoms with Crippen LogP contribution in [0.1, 0.15) is 53.3 Å². The lowest BCUT2D eigenvalue weighted by Gasteiger charge is -2.40. The molecule has 0 radical (unpaired) electrons. The smallest absolute Gasteiger partial charge is 0.407 e. The lowest BCUT2D eigenvalue weighted by atomic mass is 9.75. The van der Waals surface area contributed by atoms with Crippen LogP contribution in [0.25, 0.3) is 0 Å². The number of alkyl carbamates (subject to hydrolysis) is 1. The summed E-state index contributed by atoms with van der Waals surface area (Å²) in [5.74, 6) is 0. The molecule has 0 spiro atoms. The molecule has 1 N–H and O–H groups in total. The maximum Gasteiger partial charge on any atom is 0.407 e. The number of benzene rings is 1. The minimum absolute atomic E-state index is 0.00162. The van der Waals surface area contributed by atoms with Crippen LogP contribution in [0.15, 0.2) is 0 Å². The molecule has 1 heterocycles. The number of amides is 1. The summed E-state index contributed by atoms with van der Waals surface area (Å²) in [6, 6.07) is 0.00162. The average molecular weight is 275 g/mol. The van der Waals surface area contributed by atoms with Gasteiger partial charge in [0, 0.05) is 5.41 Å². The summed E-state index contributed by atoms with van der Waals surface area (Å²) in [6.07, 6.45) is -0.316. The van der Waals surface area contributed by atoms with Gasteiger partial charge in [-0.15, -0.1) is 0 Å². The number of nitrogens with one attached hydrogen (secondary N) is 1. The molecule has 1 aliphatic rings. The number of hydrogen-bond acceptors (Lipinski definition) is 2. The summed E-state index contributed by atoms with van der Waals surface area (Å²) in [6.45, 7) is 15.5. The predicted molar refractivity (Wildman–Crippen MR) is 81.1 cm³/mol. The molecule has 2 rings (SSSR count). The van der Waals surface area contributed by atoms with Crippen LogP contribution in [0.4, 0.5) is 4.79 Å². The van der Waals surface area contributed by atoms with Gasteiger partial charge in [-0.05, 0) is 68.0 Å². The van der Waals surface area contributed by atoms with E-state index in [9.17, 15) is 4.79 Å². The summed E-state index contributed by atoms with van der Waals surface area (Å²) < 4.78 is 5.16. The van der Waals surface area contributed by atoms with Gasteiger partial charge in [0.2, 0.25) is 0 Å². The van der Waals surface area contributed by atoms with Crippen molar-refractivity contribution in [3.8, 4) is 0 Å². The molecule has 3 nitrogen and oxygen atoms in total. The van der Waals surface area contributed by atoms with Crippen LogP contribution in [0.2, 0.25) is 0 Å². The molecule has 1 aliphatic heterocycles. The monoisotopic (exact) mass is 275 g/mol. The van der Waals surface area contributed by atoms with E-state index in [4.69, 9.17) is 4.74 Å². The van der Waals surface area contributed by atoms with Crippen LogP contribution in [0.3, 0.4) is 0 Å². The Bertz CT molecular complexity index is 544. The highest BCUT2D eigenvalue weighted by atomic mass is 16.6. The van der Waals surface area contributed by atoms with Gasteiger partial charge in [-0.1, -0.05) is 13.8 Å². The zero-order valence-corrected chi connectivity index (χ0v) is 13.6. The maximum absolute atomic E-state index is 11.7. The Kier molecular flexibility index (Phi) is 3.57. The molecule has 1 amide bonds. The van der Waals surface area contributed by atoms with Crippen molar-refractivity contribution in [3.63, 3.8) is 0 Å². The zero-order chi connectivity index (χ0) is 15.2. The number of ether oxygens (including phenoxy) is 1. The SMILES string of the molecule is Cc1c(C)c(C)c([C@H]2NC(=O)OCC2(C)C)c(C)c1C. The molecule has 1 aromatic rings. The molecule has 110 valence electrons. The van der Waals surface area contributed by atoms with Gasteiger partial charge in [-0.2, -0.15) is 0 Å². The van der Waals surface area contributed by atoms with Gasteiger partial charge in [0.25, 0.3) is 0 Å². The van der Waals surface area contributed by atoms with E-state index in [0.29, 0.717) is 6.61 Å². The third-order valence-electron chi connectivity index (χ3n) is 4.97. The summed E-state index contributed by atoms with van der Waals surface area (Å²) in [5, 5.41) is 3.02. The molecule has 0 saturated carbocycles. The largest absolute Gasteiger partial charge is 0.449 e. The van der Waals surface area contributed by atoms with Crippen molar-refractivity contribution in [1.82, 2.24) is 5.32 Å². The fraction of sp³-hybridized carbons (Fsp3) is 0.588. The standard InChI is InChI=1S/C17H25NO2/c1-9-10(2)12(4)14(13(5)11(9)3)15-17(6,7)8-20-16(19)18-15/h15H,8H2,1-7H3,(H,18,19)/t15-/m1/s1. The zero-order valence-electron chi connectivity index (χ0n) is 13.6. The van der Waals surface area contributed by atoms with E-state index in [1.165, 1.54) is 33.4 Å². The number of rotatable bonds is 1. The highest BCUT2D eigenvalue weighted by Crippen LogP contribution is 2.41. The Labute approximate surface area is 121 Å². The molecule has 1 aromatic carbocycles.